The van der Waals surface area contributed by atoms with Gasteiger partial charge in [0, 0.05) is 11.1 Å². The van der Waals surface area contributed by atoms with Crippen molar-refractivity contribution in [3.63, 3.8) is 0 Å². The summed E-state index contributed by atoms with van der Waals surface area (Å²) in [5.41, 5.74) is 6.59. The molecule has 0 radical (unpaired) electrons. The summed E-state index contributed by atoms with van der Waals surface area (Å²) in [6.07, 6.45) is 0. The molecule has 0 bridgehead atoms. The predicted molar refractivity (Wildman–Crippen MR) is 60.0 cm³/mol. The second kappa shape index (κ2) is 3.12. The van der Waals surface area contributed by atoms with Gasteiger partial charge >= 0.3 is 0 Å². The smallest absolute Gasteiger partial charge is 0.188 e. The average Bonchev–Trinajstić information content (AvgIpc) is 2.45. The van der Waals surface area contributed by atoms with Crippen LogP contribution in [-0.4, -0.2) is 7.11 Å². The van der Waals surface area contributed by atoms with Crippen molar-refractivity contribution in [1.82, 2.24) is 0 Å². The Morgan fingerprint density at radius 1 is 1.46 bits per heavy atom. The lowest BCUT2D eigenvalue weighted by molar-refractivity contribution is 0.419. The van der Waals surface area contributed by atoms with E-state index in [0.29, 0.717) is 0 Å². The van der Waals surface area contributed by atoms with E-state index in [1.807, 2.05) is 18.2 Å². The number of fused-ring (bicyclic) bond motifs is 1. The molecule has 0 saturated heterocycles. The van der Waals surface area contributed by atoms with Crippen LogP contribution < -0.4 is 10.5 Å². The molecule has 0 aliphatic carbocycles. The van der Waals surface area contributed by atoms with Gasteiger partial charge in [0.2, 0.25) is 0 Å². The van der Waals surface area contributed by atoms with Gasteiger partial charge in [-0.25, -0.2) is 0 Å². The van der Waals surface area contributed by atoms with Crippen LogP contribution in [0, 0.1) is 0 Å². The van der Waals surface area contributed by atoms with Gasteiger partial charge < -0.3 is 10.5 Å². The Morgan fingerprint density at radius 3 is 2.85 bits per heavy atom. The van der Waals surface area contributed by atoms with Crippen LogP contribution in [0.25, 0.3) is 10.1 Å². The molecule has 2 aromatic rings. The van der Waals surface area contributed by atoms with Gasteiger partial charge in [-0.3, -0.25) is 0 Å². The Kier molecular flexibility index (Phi) is 2.09. The Hall–Kier alpha value is -0.870. The standard InChI is InChI=1S/C9H9NOS2/c1-11-9-7(12)5-3-2-4-6(10)8(5)13-9/h2-4,12H,10H2,1H3. The van der Waals surface area contributed by atoms with Crippen molar-refractivity contribution in [2.24, 2.45) is 0 Å². The zero-order chi connectivity index (χ0) is 9.42. The SMILES string of the molecule is COc1sc2c(N)cccc2c1S. The molecular formula is C9H9NOS2. The fourth-order valence-corrected chi connectivity index (χ4v) is 2.68. The molecule has 1 aromatic carbocycles. The van der Waals surface area contributed by atoms with Crippen LogP contribution in [-0.2, 0) is 0 Å². The summed E-state index contributed by atoms with van der Waals surface area (Å²) in [6.45, 7) is 0. The van der Waals surface area contributed by atoms with Gasteiger partial charge in [-0.2, -0.15) is 0 Å². The monoisotopic (exact) mass is 211 g/mol. The third-order valence-corrected chi connectivity index (χ3v) is 3.69. The lowest BCUT2D eigenvalue weighted by Crippen LogP contribution is -1.82. The Labute approximate surface area is 85.7 Å². The third-order valence-electron chi connectivity index (χ3n) is 1.87. The molecule has 68 valence electrons. The van der Waals surface area contributed by atoms with E-state index in [9.17, 15) is 0 Å². The maximum absolute atomic E-state index is 5.81. The summed E-state index contributed by atoms with van der Waals surface area (Å²) in [5.74, 6) is 0. The van der Waals surface area contributed by atoms with Gasteiger partial charge in [0.1, 0.15) is 0 Å². The van der Waals surface area contributed by atoms with Gasteiger partial charge in [0.25, 0.3) is 0 Å². The summed E-state index contributed by atoms with van der Waals surface area (Å²) in [5, 5.41) is 1.88. The number of methoxy groups -OCH3 is 1. The van der Waals surface area contributed by atoms with E-state index in [1.54, 1.807) is 7.11 Å². The van der Waals surface area contributed by atoms with Crippen molar-refractivity contribution < 1.29 is 4.74 Å². The highest BCUT2D eigenvalue weighted by molar-refractivity contribution is 7.81. The van der Waals surface area contributed by atoms with E-state index in [2.05, 4.69) is 12.6 Å². The van der Waals surface area contributed by atoms with E-state index in [0.717, 1.165) is 25.7 Å². The van der Waals surface area contributed by atoms with E-state index in [4.69, 9.17) is 10.5 Å². The van der Waals surface area contributed by atoms with Crippen molar-refractivity contribution in [2.75, 3.05) is 12.8 Å². The maximum atomic E-state index is 5.81. The number of anilines is 1. The van der Waals surface area contributed by atoms with Gasteiger partial charge in [-0.05, 0) is 6.07 Å². The molecule has 0 atom stereocenters. The molecule has 1 heterocycles. The number of ether oxygens (including phenoxy) is 1. The Morgan fingerprint density at radius 2 is 2.23 bits per heavy atom. The van der Waals surface area contributed by atoms with Crippen molar-refractivity contribution in [3.05, 3.63) is 18.2 Å². The second-order valence-electron chi connectivity index (χ2n) is 2.67. The molecule has 13 heavy (non-hydrogen) atoms. The number of thiol groups is 1. The van der Waals surface area contributed by atoms with Crippen molar-refractivity contribution in [1.29, 1.82) is 0 Å². The molecule has 0 aliphatic heterocycles. The normalized spacial score (nSPS) is 10.6. The Bertz CT molecular complexity index is 450. The highest BCUT2D eigenvalue weighted by Crippen LogP contribution is 2.42. The molecule has 0 spiro atoms. The first-order chi connectivity index (χ1) is 6.24. The molecule has 2 N–H and O–H groups in total. The lowest BCUT2D eigenvalue weighted by Gasteiger charge is -1.94. The molecule has 0 saturated carbocycles. The fraction of sp³-hybridized carbons (Fsp3) is 0.111. The van der Waals surface area contributed by atoms with E-state index in [-0.39, 0.29) is 0 Å². The van der Waals surface area contributed by atoms with E-state index < -0.39 is 0 Å². The van der Waals surface area contributed by atoms with E-state index >= 15 is 0 Å². The van der Waals surface area contributed by atoms with Crippen molar-refractivity contribution in [2.45, 2.75) is 4.90 Å². The second-order valence-corrected chi connectivity index (χ2v) is 4.10. The summed E-state index contributed by atoms with van der Waals surface area (Å²) in [7, 11) is 1.64. The zero-order valence-electron chi connectivity index (χ0n) is 7.07. The number of thiophene rings is 1. The van der Waals surface area contributed by atoms with Crippen LogP contribution in [0.3, 0.4) is 0 Å². The van der Waals surface area contributed by atoms with Gasteiger partial charge in [-0.1, -0.05) is 23.5 Å². The lowest BCUT2D eigenvalue weighted by atomic mass is 10.2. The minimum atomic E-state index is 0.779. The first-order valence-electron chi connectivity index (χ1n) is 3.78. The number of benzene rings is 1. The minimum Gasteiger partial charge on any atom is -0.486 e. The number of hydrogen-bond acceptors (Lipinski definition) is 4. The van der Waals surface area contributed by atoms with Gasteiger partial charge in [0.05, 0.1) is 16.7 Å². The molecule has 0 amide bonds. The van der Waals surface area contributed by atoms with Crippen LogP contribution in [0.4, 0.5) is 5.69 Å². The quantitative estimate of drug-likeness (QED) is 0.562. The van der Waals surface area contributed by atoms with Crippen molar-refractivity contribution in [3.8, 4) is 5.06 Å². The van der Waals surface area contributed by atoms with Crippen LogP contribution in [0.1, 0.15) is 0 Å². The predicted octanol–water partition coefficient (Wildman–Crippen LogP) is 2.78. The zero-order valence-corrected chi connectivity index (χ0v) is 8.78. The topological polar surface area (TPSA) is 35.2 Å². The molecule has 0 fully saturated rings. The summed E-state index contributed by atoms with van der Waals surface area (Å²) in [4.78, 5) is 0.870. The molecule has 0 unspecified atom stereocenters. The van der Waals surface area contributed by atoms with Crippen LogP contribution in [0.15, 0.2) is 23.1 Å². The number of nitrogens with two attached hydrogens (primary N) is 1. The number of nitrogen functional groups attached to an aromatic ring is 1. The summed E-state index contributed by atoms with van der Waals surface area (Å²) in [6, 6.07) is 5.79. The largest absolute Gasteiger partial charge is 0.486 e. The fourth-order valence-electron chi connectivity index (χ4n) is 1.24. The van der Waals surface area contributed by atoms with Crippen LogP contribution in [0.5, 0.6) is 5.06 Å². The molecule has 1 aromatic heterocycles. The molecule has 0 aliphatic rings. The molecular weight excluding hydrogens is 202 g/mol. The molecule has 2 rings (SSSR count). The van der Waals surface area contributed by atoms with Gasteiger partial charge in [0.15, 0.2) is 5.06 Å². The van der Waals surface area contributed by atoms with E-state index in [1.165, 1.54) is 11.3 Å². The first kappa shape index (κ1) is 8.72. The van der Waals surface area contributed by atoms with Crippen LogP contribution in [0.2, 0.25) is 0 Å². The number of rotatable bonds is 1. The minimum absolute atomic E-state index is 0.779. The van der Waals surface area contributed by atoms with Crippen molar-refractivity contribution >= 4 is 39.7 Å². The number of hydrogen-bond donors (Lipinski definition) is 2. The summed E-state index contributed by atoms with van der Waals surface area (Å²) < 4.78 is 6.22. The highest BCUT2D eigenvalue weighted by atomic mass is 32.1. The molecule has 4 heteroatoms. The maximum Gasteiger partial charge on any atom is 0.188 e. The Balaban J connectivity index is 2.83. The average molecular weight is 211 g/mol. The highest BCUT2D eigenvalue weighted by Gasteiger charge is 2.10. The molecule has 2 nitrogen and oxygen atoms in total. The first-order valence-corrected chi connectivity index (χ1v) is 5.04. The summed E-state index contributed by atoms with van der Waals surface area (Å²) >= 11 is 5.90. The third kappa shape index (κ3) is 1.26. The van der Waals surface area contributed by atoms with Gasteiger partial charge in [-0.15, -0.1) is 12.6 Å². The van der Waals surface area contributed by atoms with Crippen LogP contribution >= 0.6 is 24.0 Å².